The molecule has 0 saturated carbocycles. The second-order valence-corrected chi connectivity index (χ2v) is 6.38. The Balaban J connectivity index is 3.09. The molecule has 8 heteroatoms. The molecule has 4 N–H and O–H groups in total. The van der Waals surface area contributed by atoms with Gasteiger partial charge in [-0.3, -0.25) is 0 Å². The van der Waals surface area contributed by atoms with Crippen LogP contribution >= 0.6 is 15.9 Å². The summed E-state index contributed by atoms with van der Waals surface area (Å²) in [6.45, 7) is 1.49. The topological polar surface area (TPSA) is 92.4 Å². The Kier molecular flexibility index (Phi) is 5.09. The van der Waals surface area contributed by atoms with Crippen LogP contribution in [0, 0.1) is 5.82 Å². The monoisotopic (exact) mass is 340 g/mol. The van der Waals surface area contributed by atoms with Gasteiger partial charge >= 0.3 is 0 Å². The molecule has 0 aliphatic heterocycles. The zero-order chi connectivity index (χ0) is 13.9. The molecule has 102 valence electrons. The van der Waals surface area contributed by atoms with Crippen LogP contribution in [0.2, 0.25) is 0 Å². The number of benzene rings is 1. The molecule has 0 heterocycles. The van der Waals surface area contributed by atoms with Crippen molar-refractivity contribution in [1.82, 2.24) is 4.72 Å². The van der Waals surface area contributed by atoms with Crippen LogP contribution < -0.4 is 10.5 Å². The minimum Gasteiger partial charge on any atom is -0.396 e. The van der Waals surface area contributed by atoms with Crippen molar-refractivity contribution in [2.75, 3.05) is 12.3 Å². The molecule has 18 heavy (non-hydrogen) atoms. The minimum atomic E-state index is -3.81. The Morgan fingerprint density at radius 1 is 1.56 bits per heavy atom. The van der Waals surface area contributed by atoms with E-state index in [0.29, 0.717) is 0 Å². The van der Waals surface area contributed by atoms with Crippen molar-refractivity contribution in [1.29, 1.82) is 0 Å². The summed E-state index contributed by atoms with van der Waals surface area (Å²) in [4.78, 5) is -0.133. The molecule has 1 rings (SSSR count). The highest BCUT2D eigenvalue weighted by Gasteiger charge is 2.21. The van der Waals surface area contributed by atoms with E-state index in [9.17, 15) is 12.8 Å². The van der Waals surface area contributed by atoms with Crippen molar-refractivity contribution in [2.45, 2.75) is 24.3 Å². The lowest BCUT2D eigenvalue weighted by atomic mass is 10.3. The zero-order valence-corrected chi connectivity index (χ0v) is 12.1. The number of halogens is 2. The lowest BCUT2D eigenvalue weighted by Gasteiger charge is -2.14. The number of nitrogen functional groups attached to an aromatic ring is 1. The smallest absolute Gasteiger partial charge is 0.242 e. The number of hydrogen-bond donors (Lipinski definition) is 3. The van der Waals surface area contributed by atoms with E-state index in [1.54, 1.807) is 6.92 Å². The van der Waals surface area contributed by atoms with Gasteiger partial charge in [-0.05, 0) is 41.4 Å². The van der Waals surface area contributed by atoms with Crippen molar-refractivity contribution in [3.63, 3.8) is 0 Å². The van der Waals surface area contributed by atoms with Gasteiger partial charge in [0.25, 0.3) is 0 Å². The molecule has 0 aliphatic rings. The van der Waals surface area contributed by atoms with E-state index in [1.165, 1.54) is 0 Å². The first-order valence-electron chi connectivity index (χ1n) is 5.15. The summed E-state index contributed by atoms with van der Waals surface area (Å²) >= 11 is 2.98. The second kappa shape index (κ2) is 5.96. The molecule has 0 saturated heterocycles. The third-order valence-corrected chi connectivity index (χ3v) is 4.81. The Morgan fingerprint density at radius 3 is 2.72 bits per heavy atom. The van der Waals surface area contributed by atoms with Crippen LogP contribution in [0.15, 0.2) is 21.5 Å². The molecular formula is C10H14BrFN2O3S. The molecule has 0 fully saturated rings. The van der Waals surface area contributed by atoms with Crippen molar-refractivity contribution >= 4 is 31.6 Å². The third kappa shape index (κ3) is 3.64. The van der Waals surface area contributed by atoms with E-state index < -0.39 is 21.9 Å². The highest BCUT2D eigenvalue weighted by Crippen LogP contribution is 2.26. The van der Waals surface area contributed by atoms with Crippen LogP contribution in [0.1, 0.15) is 13.3 Å². The van der Waals surface area contributed by atoms with E-state index in [1.807, 2.05) is 0 Å². The lowest BCUT2D eigenvalue weighted by molar-refractivity contribution is 0.275. The van der Waals surface area contributed by atoms with Gasteiger partial charge in [-0.1, -0.05) is 0 Å². The Hall–Kier alpha value is -0.700. The van der Waals surface area contributed by atoms with Gasteiger partial charge in [-0.25, -0.2) is 17.5 Å². The molecule has 5 nitrogen and oxygen atoms in total. The van der Waals surface area contributed by atoms with Crippen molar-refractivity contribution in [3.05, 3.63) is 22.4 Å². The third-order valence-electron chi connectivity index (χ3n) is 2.26. The van der Waals surface area contributed by atoms with Crippen molar-refractivity contribution in [2.24, 2.45) is 0 Å². The summed E-state index contributed by atoms with van der Waals surface area (Å²) in [7, 11) is -3.81. The number of nitrogens with one attached hydrogen (secondary N) is 1. The highest BCUT2D eigenvalue weighted by atomic mass is 79.9. The maximum absolute atomic E-state index is 13.1. The highest BCUT2D eigenvalue weighted by molar-refractivity contribution is 9.10. The van der Waals surface area contributed by atoms with Gasteiger partial charge in [-0.2, -0.15) is 0 Å². The summed E-state index contributed by atoms with van der Waals surface area (Å²) < 4.78 is 39.6. The summed E-state index contributed by atoms with van der Waals surface area (Å²) in [6.07, 6.45) is 0.285. The predicted octanol–water partition coefficient (Wildman–Crippen LogP) is 1.22. The number of anilines is 1. The first-order chi connectivity index (χ1) is 8.27. The van der Waals surface area contributed by atoms with Crippen LogP contribution in [-0.4, -0.2) is 26.2 Å². The molecule has 0 spiro atoms. The number of aliphatic hydroxyl groups is 1. The summed E-state index contributed by atoms with van der Waals surface area (Å²) in [5, 5.41) is 8.73. The second-order valence-electron chi connectivity index (χ2n) is 3.84. The van der Waals surface area contributed by atoms with E-state index in [0.717, 1.165) is 12.1 Å². The quantitative estimate of drug-likeness (QED) is 0.702. The van der Waals surface area contributed by atoms with Crippen LogP contribution in [0.5, 0.6) is 0 Å². The standard InChI is InChI=1S/C10H14BrFN2O3S/c1-6(2-3-15)14-18(16,17)10-5-9(13)8(12)4-7(10)11/h4-6,14-15H,2-3,13H2,1H3. The van der Waals surface area contributed by atoms with Crippen LogP contribution in [0.25, 0.3) is 0 Å². The fourth-order valence-electron chi connectivity index (χ4n) is 1.33. The zero-order valence-electron chi connectivity index (χ0n) is 9.65. The molecule has 0 radical (unpaired) electrons. The van der Waals surface area contributed by atoms with Gasteiger partial charge < -0.3 is 10.8 Å². The van der Waals surface area contributed by atoms with E-state index in [4.69, 9.17) is 10.8 Å². The first-order valence-corrected chi connectivity index (χ1v) is 7.43. The maximum Gasteiger partial charge on any atom is 0.242 e. The summed E-state index contributed by atoms with van der Waals surface area (Å²) in [6, 6.07) is 1.62. The Labute approximate surface area is 113 Å². The average molecular weight is 341 g/mol. The Bertz CT molecular complexity index is 536. The number of hydrogen-bond acceptors (Lipinski definition) is 4. The minimum absolute atomic E-state index is 0.0953. The average Bonchev–Trinajstić information content (AvgIpc) is 2.22. The molecular weight excluding hydrogens is 327 g/mol. The molecule has 1 atom stereocenters. The van der Waals surface area contributed by atoms with Crippen molar-refractivity contribution < 1.29 is 17.9 Å². The summed E-state index contributed by atoms with van der Waals surface area (Å²) in [5.74, 6) is -0.691. The van der Waals surface area contributed by atoms with E-state index >= 15 is 0 Å². The number of aliphatic hydroxyl groups excluding tert-OH is 1. The van der Waals surface area contributed by atoms with Crippen LogP contribution in [0.3, 0.4) is 0 Å². The fourth-order valence-corrected chi connectivity index (χ4v) is 3.66. The molecule has 0 amide bonds. The van der Waals surface area contributed by atoms with E-state index in [2.05, 4.69) is 20.7 Å². The van der Waals surface area contributed by atoms with Gasteiger partial charge in [-0.15, -0.1) is 0 Å². The lowest BCUT2D eigenvalue weighted by Crippen LogP contribution is -2.33. The Morgan fingerprint density at radius 2 is 2.17 bits per heavy atom. The van der Waals surface area contributed by atoms with Crippen LogP contribution in [0.4, 0.5) is 10.1 Å². The van der Waals surface area contributed by atoms with E-state index in [-0.39, 0.29) is 28.1 Å². The van der Waals surface area contributed by atoms with Gasteiger partial charge in [0.15, 0.2) is 0 Å². The largest absolute Gasteiger partial charge is 0.396 e. The molecule has 0 bridgehead atoms. The van der Waals surface area contributed by atoms with Crippen molar-refractivity contribution in [3.8, 4) is 0 Å². The van der Waals surface area contributed by atoms with Gasteiger partial charge in [0.05, 0.1) is 10.6 Å². The van der Waals surface area contributed by atoms with Gasteiger partial charge in [0.1, 0.15) is 5.82 Å². The molecule has 1 aromatic rings. The van der Waals surface area contributed by atoms with Crippen LogP contribution in [-0.2, 0) is 10.0 Å². The predicted molar refractivity (Wildman–Crippen MR) is 70.0 cm³/mol. The first kappa shape index (κ1) is 15.4. The van der Waals surface area contributed by atoms with Gasteiger partial charge in [0.2, 0.25) is 10.0 Å². The molecule has 0 aromatic heterocycles. The number of sulfonamides is 1. The number of rotatable bonds is 5. The molecule has 0 aliphatic carbocycles. The SMILES string of the molecule is CC(CCO)NS(=O)(=O)c1cc(N)c(F)cc1Br. The molecule has 1 unspecified atom stereocenters. The number of nitrogens with two attached hydrogens (primary N) is 1. The fraction of sp³-hybridized carbons (Fsp3) is 0.400. The maximum atomic E-state index is 13.1. The summed E-state index contributed by atoms with van der Waals surface area (Å²) in [5.41, 5.74) is 5.11. The normalized spacial score (nSPS) is 13.6. The van der Waals surface area contributed by atoms with Gasteiger partial charge in [0, 0.05) is 17.1 Å². The molecule has 1 aromatic carbocycles.